The molecule has 0 saturated heterocycles. The molecular weight excluding hydrogens is 338 g/mol. The Labute approximate surface area is 137 Å². The molecule has 0 saturated carbocycles. The van der Waals surface area contributed by atoms with Crippen molar-refractivity contribution in [2.45, 2.75) is 6.92 Å². The van der Waals surface area contributed by atoms with Crippen LogP contribution in [0.25, 0.3) is 22.4 Å². The number of carboxylic acids is 1. The van der Waals surface area contributed by atoms with Crippen molar-refractivity contribution in [1.82, 2.24) is 9.97 Å². The second kappa shape index (κ2) is 5.97. The number of carbonyl (C=O) groups is 1. The minimum absolute atomic E-state index is 0.0512. The van der Waals surface area contributed by atoms with Crippen molar-refractivity contribution >= 4 is 39.7 Å². The highest BCUT2D eigenvalue weighted by Crippen LogP contribution is 2.26. The molecule has 1 N–H and O–H groups in total. The summed E-state index contributed by atoms with van der Waals surface area (Å²) in [5, 5.41) is 11.2. The van der Waals surface area contributed by atoms with Crippen molar-refractivity contribution in [2.24, 2.45) is 0 Å². The molecule has 2 heterocycles. The number of aromatic carboxylic acids is 1. The summed E-state index contributed by atoms with van der Waals surface area (Å²) in [5.41, 5.74) is 0.209. The molecule has 24 heavy (non-hydrogen) atoms. The third kappa shape index (κ3) is 2.83. The van der Waals surface area contributed by atoms with Gasteiger partial charge in [0.25, 0.3) is 5.56 Å². The lowest BCUT2D eigenvalue weighted by Gasteiger charge is -1.98. The molecule has 0 spiro atoms. The van der Waals surface area contributed by atoms with Gasteiger partial charge in [0.15, 0.2) is 11.6 Å². The third-order valence-electron chi connectivity index (χ3n) is 3.38. The van der Waals surface area contributed by atoms with Gasteiger partial charge in [-0.2, -0.15) is 0 Å². The van der Waals surface area contributed by atoms with E-state index in [-0.39, 0.29) is 20.9 Å². The number of aromatic amines is 1. The summed E-state index contributed by atoms with van der Waals surface area (Å²) in [6, 6.07) is 3.37. The Kier molecular flexibility index (Phi) is 3.98. The zero-order valence-corrected chi connectivity index (χ0v) is 13.0. The monoisotopic (exact) mass is 347 g/mol. The Morgan fingerprint density at radius 2 is 2.04 bits per heavy atom. The van der Waals surface area contributed by atoms with E-state index in [4.69, 9.17) is 0 Å². The van der Waals surface area contributed by atoms with E-state index in [1.807, 2.05) is 0 Å². The Bertz CT molecular complexity index is 1050. The van der Waals surface area contributed by atoms with Gasteiger partial charge in [0.05, 0.1) is 16.2 Å². The predicted octanol–water partition coefficient (Wildman–Crippen LogP) is 2.11. The van der Waals surface area contributed by atoms with E-state index in [9.17, 15) is 23.5 Å². The van der Waals surface area contributed by atoms with Gasteiger partial charge in [-0.15, -0.1) is 11.3 Å². The number of nitrogens with one attached hydrogen (secondary N) is 1. The second-order valence-corrected chi connectivity index (χ2v) is 5.98. The van der Waals surface area contributed by atoms with Crippen molar-refractivity contribution in [3.63, 3.8) is 0 Å². The largest absolute Gasteiger partial charge is 0.544 e. The Balaban J connectivity index is 2.04. The number of aryl methyl sites for hydroxylation is 1. The van der Waals surface area contributed by atoms with Gasteiger partial charge in [-0.25, -0.2) is 13.8 Å². The number of carboxylic acid groups (broad SMARTS) is 1. The minimum Gasteiger partial charge on any atom is -0.544 e. The molecule has 0 aliphatic carbocycles. The van der Waals surface area contributed by atoms with Gasteiger partial charge < -0.3 is 14.9 Å². The van der Waals surface area contributed by atoms with Crippen LogP contribution in [-0.4, -0.2) is 15.9 Å². The lowest BCUT2D eigenvalue weighted by Crippen LogP contribution is -2.21. The van der Waals surface area contributed by atoms with Crippen molar-refractivity contribution in [2.75, 3.05) is 0 Å². The van der Waals surface area contributed by atoms with Crippen molar-refractivity contribution in [3.05, 3.63) is 62.0 Å². The van der Waals surface area contributed by atoms with Gasteiger partial charge in [0.2, 0.25) is 0 Å². The molecule has 0 aliphatic rings. The highest BCUT2D eigenvalue weighted by Gasteiger charge is 2.14. The number of halogens is 2. The van der Waals surface area contributed by atoms with Gasteiger partial charge >= 0.3 is 0 Å². The average Bonchev–Trinajstić information content (AvgIpc) is 2.86. The van der Waals surface area contributed by atoms with Crippen molar-refractivity contribution in [3.8, 4) is 0 Å². The minimum atomic E-state index is -1.37. The SMILES string of the molecule is Cc1c(C(=O)[O-])sc2nc(/C=C/c3ccc(F)c(F)c3)[nH]c(=O)c12. The highest BCUT2D eigenvalue weighted by atomic mass is 32.1. The lowest BCUT2D eigenvalue weighted by atomic mass is 10.2. The van der Waals surface area contributed by atoms with E-state index in [0.29, 0.717) is 11.1 Å². The van der Waals surface area contributed by atoms with E-state index in [0.717, 1.165) is 23.5 Å². The van der Waals surface area contributed by atoms with Crippen molar-refractivity contribution in [1.29, 1.82) is 0 Å². The molecule has 0 fully saturated rings. The number of fused-ring (bicyclic) bond motifs is 1. The summed E-state index contributed by atoms with van der Waals surface area (Å²) in [5.74, 6) is -3.14. The Morgan fingerprint density at radius 1 is 1.29 bits per heavy atom. The molecule has 8 heteroatoms. The number of nitrogens with zero attached hydrogens (tertiary/aromatic N) is 1. The molecule has 0 bridgehead atoms. The smallest absolute Gasteiger partial charge is 0.260 e. The Morgan fingerprint density at radius 3 is 2.71 bits per heavy atom. The van der Waals surface area contributed by atoms with Crippen LogP contribution in [0.5, 0.6) is 0 Å². The molecular formula is C16H9F2N2O3S-. The summed E-state index contributed by atoms with van der Waals surface area (Å²) in [6.07, 6.45) is 2.87. The molecule has 3 aromatic rings. The fourth-order valence-electron chi connectivity index (χ4n) is 2.23. The van der Waals surface area contributed by atoms with E-state index in [1.165, 1.54) is 25.1 Å². The van der Waals surface area contributed by atoms with Gasteiger partial charge in [-0.05, 0) is 36.3 Å². The summed E-state index contributed by atoms with van der Waals surface area (Å²) in [7, 11) is 0. The fraction of sp³-hybridized carbons (Fsp3) is 0.0625. The fourth-order valence-corrected chi connectivity index (χ4v) is 3.25. The molecule has 0 amide bonds. The van der Waals surface area contributed by atoms with Gasteiger partial charge in [-0.3, -0.25) is 4.79 Å². The van der Waals surface area contributed by atoms with Crippen LogP contribution in [0, 0.1) is 18.6 Å². The van der Waals surface area contributed by atoms with Crippen LogP contribution in [-0.2, 0) is 0 Å². The number of hydrogen-bond donors (Lipinski definition) is 1. The summed E-state index contributed by atoms with van der Waals surface area (Å²) < 4.78 is 26.0. The van der Waals surface area contributed by atoms with Crippen LogP contribution in [0.15, 0.2) is 23.0 Å². The number of aromatic nitrogens is 2. The van der Waals surface area contributed by atoms with Crippen LogP contribution in [0.3, 0.4) is 0 Å². The normalized spacial score (nSPS) is 11.5. The van der Waals surface area contributed by atoms with E-state index in [1.54, 1.807) is 0 Å². The third-order valence-corrected chi connectivity index (χ3v) is 4.55. The first-order chi connectivity index (χ1) is 11.4. The first-order valence-electron chi connectivity index (χ1n) is 6.74. The maximum Gasteiger partial charge on any atom is 0.260 e. The number of carbonyl (C=O) groups excluding carboxylic acids is 1. The summed E-state index contributed by atoms with van der Waals surface area (Å²) in [6.45, 7) is 1.51. The van der Waals surface area contributed by atoms with E-state index >= 15 is 0 Å². The quantitative estimate of drug-likeness (QED) is 0.786. The van der Waals surface area contributed by atoms with Crippen molar-refractivity contribution < 1.29 is 18.7 Å². The summed E-state index contributed by atoms with van der Waals surface area (Å²) in [4.78, 5) is 30.1. The highest BCUT2D eigenvalue weighted by molar-refractivity contribution is 7.20. The zero-order valence-electron chi connectivity index (χ0n) is 12.2. The second-order valence-electron chi connectivity index (χ2n) is 4.98. The lowest BCUT2D eigenvalue weighted by molar-refractivity contribution is -0.254. The molecule has 0 aliphatic heterocycles. The molecule has 0 unspecified atom stereocenters. The standard InChI is InChI=1S/C16H10F2N2O3S/c1-7-12-14(21)19-11(20-15(12)24-13(7)16(22)23)5-3-8-2-4-9(17)10(18)6-8/h2-6H,1H3,(H,22,23)(H,19,20,21)/p-1/b5-3+. The molecule has 2 aromatic heterocycles. The van der Waals surface area contributed by atoms with Crippen LogP contribution >= 0.6 is 11.3 Å². The van der Waals surface area contributed by atoms with E-state index in [2.05, 4.69) is 9.97 Å². The molecule has 1 aromatic carbocycles. The molecule has 3 rings (SSSR count). The predicted molar refractivity (Wildman–Crippen MR) is 84.6 cm³/mol. The summed E-state index contributed by atoms with van der Waals surface area (Å²) >= 11 is 0.850. The van der Waals surface area contributed by atoms with Gasteiger partial charge in [-0.1, -0.05) is 12.1 Å². The van der Waals surface area contributed by atoms with Crippen LogP contribution < -0.4 is 10.7 Å². The molecule has 5 nitrogen and oxygen atoms in total. The zero-order chi connectivity index (χ0) is 17.4. The number of benzene rings is 1. The van der Waals surface area contributed by atoms with Gasteiger partial charge in [0, 0.05) is 0 Å². The maximum absolute atomic E-state index is 13.2. The Hall–Kier alpha value is -2.87. The first-order valence-corrected chi connectivity index (χ1v) is 7.56. The van der Waals surface area contributed by atoms with Crippen LogP contribution in [0.4, 0.5) is 8.78 Å². The average molecular weight is 347 g/mol. The maximum atomic E-state index is 13.2. The first kappa shape index (κ1) is 16.0. The molecule has 0 radical (unpaired) electrons. The molecule has 0 atom stereocenters. The number of thiophene rings is 1. The van der Waals surface area contributed by atoms with Crippen LogP contribution in [0.1, 0.15) is 26.6 Å². The molecule has 122 valence electrons. The van der Waals surface area contributed by atoms with Crippen LogP contribution in [0.2, 0.25) is 0 Å². The van der Waals surface area contributed by atoms with Gasteiger partial charge in [0.1, 0.15) is 10.7 Å². The number of rotatable bonds is 3. The van der Waals surface area contributed by atoms with E-state index < -0.39 is 23.2 Å². The number of hydrogen-bond acceptors (Lipinski definition) is 5. The number of H-pyrrole nitrogens is 1. The topological polar surface area (TPSA) is 85.9 Å².